The molecule has 1 unspecified atom stereocenters. The van der Waals surface area contributed by atoms with Crippen molar-refractivity contribution in [1.82, 2.24) is 4.90 Å². The molecular formula is C13H16F3NO4S. The van der Waals surface area contributed by atoms with E-state index in [4.69, 9.17) is 4.42 Å². The van der Waals surface area contributed by atoms with Crippen LogP contribution in [0.1, 0.15) is 12.7 Å². The second kappa shape index (κ2) is 8.11. The van der Waals surface area contributed by atoms with E-state index >= 15 is 0 Å². The predicted molar refractivity (Wildman–Crippen MR) is 74.1 cm³/mol. The summed E-state index contributed by atoms with van der Waals surface area (Å²) in [5.41, 5.74) is 0. The molecule has 1 rings (SSSR count). The number of ether oxygens (including phenoxy) is 1. The molecule has 0 bridgehead atoms. The zero-order valence-electron chi connectivity index (χ0n) is 12.1. The van der Waals surface area contributed by atoms with Gasteiger partial charge < -0.3 is 14.1 Å². The summed E-state index contributed by atoms with van der Waals surface area (Å²) in [7, 11) is 1.20. The third-order valence-electron chi connectivity index (χ3n) is 2.64. The van der Waals surface area contributed by atoms with Gasteiger partial charge in [0.1, 0.15) is 17.6 Å². The summed E-state index contributed by atoms with van der Waals surface area (Å²) in [6.07, 6.45) is -3.19. The molecule has 0 aliphatic heterocycles. The number of furan rings is 1. The van der Waals surface area contributed by atoms with Crippen molar-refractivity contribution in [3.05, 3.63) is 24.2 Å². The van der Waals surface area contributed by atoms with Gasteiger partial charge in [-0.1, -0.05) is 0 Å². The van der Waals surface area contributed by atoms with Crippen molar-refractivity contribution in [2.75, 3.05) is 19.4 Å². The molecule has 0 N–H and O–H groups in total. The molecule has 0 aliphatic carbocycles. The summed E-state index contributed by atoms with van der Waals surface area (Å²) >= 11 is 0.920. The lowest BCUT2D eigenvalue weighted by Gasteiger charge is -2.23. The van der Waals surface area contributed by atoms with Crippen molar-refractivity contribution in [2.24, 2.45) is 0 Å². The molecule has 5 nitrogen and oxygen atoms in total. The molecule has 1 aromatic rings. The van der Waals surface area contributed by atoms with Crippen LogP contribution in [0.3, 0.4) is 0 Å². The molecule has 0 radical (unpaired) electrons. The molecular weight excluding hydrogens is 323 g/mol. The second-order valence-corrected chi connectivity index (χ2v) is 5.75. The molecule has 1 aromatic heterocycles. The van der Waals surface area contributed by atoms with Gasteiger partial charge in [0, 0.05) is 0 Å². The van der Waals surface area contributed by atoms with E-state index in [0.29, 0.717) is 4.90 Å². The minimum Gasteiger partial charge on any atom is -0.468 e. The van der Waals surface area contributed by atoms with Crippen LogP contribution in [-0.2, 0) is 20.9 Å². The Hall–Kier alpha value is -1.64. The molecule has 1 atom stereocenters. The fourth-order valence-electron chi connectivity index (χ4n) is 1.56. The highest BCUT2D eigenvalue weighted by molar-refractivity contribution is 8.01. The lowest BCUT2D eigenvalue weighted by molar-refractivity contribution is -0.161. The van der Waals surface area contributed by atoms with E-state index in [2.05, 4.69) is 4.74 Å². The summed E-state index contributed by atoms with van der Waals surface area (Å²) in [6.45, 7) is -0.136. The van der Waals surface area contributed by atoms with Crippen molar-refractivity contribution in [2.45, 2.75) is 24.9 Å². The van der Waals surface area contributed by atoms with Gasteiger partial charge in [0.05, 0.1) is 25.7 Å². The normalized spacial score (nSPS) is 12.8. The van der Waals surface area contributed by atoms with Crippen LogP contribution in [0, 0.1) is 0 Å². The van der Waals surface area contributed by atoms with E-state index in [9.17, 15) is 22.8 Å². The standard InChI is InChI=1S/C13H16F3NO4S/c1-9(12(19)20-2)22-7-11(18)17(8-13(14,15)16)6-10-4-3-5-21-10/h3-5,9H,6-8H2,1-2H3. The Morgan fingerprint density at radius 3 is 2.64 bits per heavy atom. The van der Waals surface area contributed by atoms with Crippen LogP contribution in [0.4, 0.5) is 13.2 Å². The number of methoxy groups -OCH3 is 1. The average molecular weight is 339 g/mol. The Balaban J connectivity index is 2.65. The molecule has 0 fully saturated rings. The third kappa shape index (κ3) is 6.42. The van der Waals surface area contributed by atoms with Gasteiger partial charge in [0.25, 0.3) is 0 Å². The maximum atomic E-state index is 12.6. The molecule has 9 heteroatoms. The summed E-state index contributed by atoms with van der Waals surface area (Å²) < 4.78 is 47.2. The first-order chi connectivity index (χ1) is 10.2. The van der Waals surface area contributed by atoms with Gasteiger partial charge in [0.2, 0.25) is 5.91 Å². The number of halogens is 3. The minimum absolute atomic E-state index is 0.253. The molecule has 0 saturated carbocycles. The smallest absolute Gasteiger partial charge is 0.406 e. The van der Waals surface area contributed by atoms with Crippen LogP contribution in [0.25, 0.3) is 0 Å². The number of carbonyl (C=O) groups is 2. The predicted octanol–water partition coefficient (Wildman–Crippen LogP) is 2.47. The van der Waals surface area contributed by atoms with E-state index in [1.54, 1.807) is 0 Å². The Labute approximate surface area is 129 Å². The van der Waals surface area contributed by atoms with Gasteiger partial charge in [-0.3, -0.25) is 9.59 Å². The van der Waals surface area contributed by atoms with Crippen molar-refractivity contribution < 1.29 is 31.9 Å². The van der Waals surface area contributed by atoms with E-state index in [-0.39, 0.29) is 18.1 Å². The number of esters is 1. The summed E-state index contributed by atoms with van der Waals surface area (Å²) in [6, 6.07) is 3.01. The van der Waals surface area contributed by atoms with Crippen molar-refractivity contribution >= 4 is 23.6 Å². The molecule has 0 aliphatic rings. The number of carbonyl (C=O) groups excluding carboxylic acids is 2. The third-order valence-corrected chi connectivity index (χ3v) is 3.75. The first-order valence-electron chi connectivity index (χ1n) is 6.29. The first-order valence-corrected chi connectivity index (χ1v) is 7.34. The fraction of sp³-hybridized carbons (Fsp3) is 0.538. The Morgan fingerprint density at radius 1 is 1.45 bits per heavy atom. The van der Waals surface area contributed by atoms with Gasteiger partial charge in [0.15, 0.2) is 0 Å². The van der Waals surface area contributed by atoms with Crippen LogP contribution in [-0.4, -0.2) is 47.6 Å². The Bertz CT molecular complexity index is 490. The Kier molecular flexibility index (Phi) is 6.79. The van der Waals surface area contributed by atoms with Crippen LogP contribution < -0.4 is 0 Å². The fourth-order valence-corrected chi connectivity index (χ4v) is 2.37. The lowest BCUT2D eigenvalue weighted by atomic mass is 10.3. The van der Waals surface area contributed by atoms with Crippen molar-refractivity contribution in [3.63, 3.8) is 0 Å². The number of alkyl halides is 3. The number of thioether (sulfide) groups is 1. The van der Waals surface area contributed by atoms with E-state index < -0.39 is 29.8 Å². The summed E-state index contributed by atoms with van der Waals surface area (Å²) in [5.74, 6) is -1.27. The number of amides is 1. The number of rotatable bonds is 7. The molecule has 0 saturated heterocycles. The lowest BCUT2D eigenvalue weighted by Crippen LogP contribution is -2.39. The monoisotopic (exact) mass is 339 g/mol. The average Bonchev–Trinajstić information content (AvgIpc) is 2.94. The number of hydrogen-bond donors (Lipinski definition) is 0. The van der Waals surface area contributed by atoms with Crippen molar-refractivity contribution in [3.8, 4) is 0 Å². The SMILES string of the molecule is COC(=O)C(C)SCC(=O)N(Cc1ccco1)CC(F)(F)F. The topological polar surface area (TPSA) is 59.8 Å². The first kappa shape index (κ1) is 18.4. The maximum Gasteiger partial charge on any atom is 0.406 e. The van der Waals surface area contributed by atoms with Crippen LogP contribution in [0.5, 0.6) is 0 Å². The van der Waals surface area contributed by atoms with E-state index in [0.717, 1.165) is 11.8 Å². The molecule has 124 valence electrons. The molecule has 22 heavy (non-hydrogen) atoms. The van der Waals surface area contributed by atoms with Gasteiger partial charge >= 0.3 is 12.1 Å². The zero-order chi connectivity index (χ0) is 16.8. The number of nitrogens with zero attached hydrogens (tertiary/aromatic N) is 1. The summed E-state index contributed by atoms with van der Waals surface area (Å²) in [5, 5.41) is -0.634. The van der Waals surface area contributed by atoms with E-state index in [1.807, 2.05) is 0 Å². The second-order valence-electron chi connectivity index (χ2n) is 4.42. The molecule has 0 spiro atoms. The zero-order valence-corrected chi connectivity index (χ0v) is 12.9. The minimum atomic E-state index is -4.51. The number of hydrogen-bond acceptors (Lipinski definition) is 5. The summed E-state index contributed by atoms with van der Waals surface area (Å²) in [4.78, 5) is 23.8. The highest BCUT2D eigenvalue weighted by Gasteiger charge is 2.33. The van der Waals surface area contributed by atoms with Crippen LogP contribution >= 0.6 is 11.8 Å². The van der Waals surface area contributed by atoms with E-state index in [1.165, 1.54) is 32.4 Å². The Morgan fingerprint density at radius 2 is 2.14 bits per heavy atom. The quantitative estimate of drug-likeness (QED) is 0.714. The van der Waals surface area contributed by atoms with Gasteiger partial charge in [-0.05, 0) is 19.1 Å². The van der Waals surface area contributed by atoms with Gasteiger partial charge in [-0.25, -0.2) is 0 Å². The maximum absolute atomic E-state index is 12.6. The van der Waals surface area contributed by atoms with Crippen molar-refractivity contribution in [1.29, 1.82) is 0 Å². The highest BCUT2D eigenvalue weighted by Crippen LogP contribution is 2.20. The van der Waals surface area contributed by atoms with Gasteiger partial charge in [-0.2, -0.15) is 13.2 Å². The highest BCUT2D eigenvalue weighted by atomic mass is 32.2. The van der Waals surface area contributed by atoms with Crippen LogP contribution in [0.15, 0.2) is 22.8 Å². The van der Waals surface area contributed by atoms with Crippen LogP contribution in [0.2, 0.25) is 0 Å². The molecule has 1 amide bonds. The largest absolute Gasteiger partial charge is 0.468 e. The molecule has 1 heterocycles. The van der Waals surface area contributed by atoms with Gasteiger partial charge in [-0.15, -0.1) is 11.8 Å². The molecule has 0 aromatic carbocycles.